The minimum atomic E-state index is -0.721. The van der Waals surface area contributed by atoms with E-state index in [1.54, 1.807) is 0 Å². The van der Waals surface area contributed by atoms with E-state index < -0.39 is 31.1 Å². The van der Waals surface area contributed by atoms with Crippen LogP contribution in [0.5, 0.6) is 0 Å². The topological polar surface area (TPSA) is 93.1 Å². The largest absolute Gasteiger partial charge is 0.461 e. The van der Waals surface area contributed by atoms with Crippen molar-refractivity contribution in [2.45, 2.75) is 18.8 Å². The number of carbonyl (C=O) groups excluding carboxylic acids is 2. The molecule has 0 spiro atoms. The molecule has 0 amide bonds. The van der Waals surface area contributed by atoms with E-state index in [0.717, 1.165) is 29.5 Å². The van der Waals surface area contributed by atoms with Crippen LogP contribution in [0.3, 0.4) is 0 Å². The highest BCUT2D eigenvalue weighted by Gasteiger charge is 2.19. The van der Waals surface area contributed by atoms with Crippen LogP contribution in [0, 0.1) is 0 Å². The summed E-state index contributed by atoms with van der Waals surface area (Å²) >= 11 is 0. The minimum absolute atomic E-state index is 0.0636. The van der Waals surface area contributed by atoms with E-state index in [1.807, 2.05) is 30.3 Å². The molecule has 2 N–H and O–H groups in total. The molecule has 174 valence electrons. The number of rotatable bonds is 13. The van der Waals surface area contributed by atoms with Gasteiger partial charge in [0.05, 0.1) is 30.3 Å². The first-order valence-electron chi connectivity index (χ1n) is 10.6. The Balaban J connectivity index is 2.14. The van der Waals surface area contributed by atoms with Crippen LogP contribution >= 0.6 is 0 Å². The minimum Gasteiger partial charge on any atom is -0.461 e. The average molecular weight is 451 g/mol. The number of carbonyl (C=O) groups is 2. The van der Waals surface area contributed by atoms with Crippen molar-refractivity contribution >= 4 is 11.9 Å². The molecule has 0 fully saturated rings. The molecule has 2 rings (SSSR count). The van der Waals surface area contributed by atoms with Gasteiger partial charge in [0.1, 0.15) is 13.2 Å². The van der Waals surface area contributed by atoms with Crippen LogP contribution in [0.2, 0.25) is 0 Å². The summed E-state index contributed by atoms with van der Waals surface area (Å²) in [4.78, 5) is 23.8. The van der Waals surface area contributed by atoms with E-state index >= 15 is 0 Å². The monoisotopic (exact) mass is 450 g/mol. The standard InChI is InChI=1S/C27H30O6/c1-4-5-6-21-7-9-22(10-8-21)23-11-13-24(14-12-23)25(17-32-26(30)19(2)15-28)18-33-27(31)20(3)16-29/h4,7-14,25,28-29H,1-3,5-6,15-18H2. The van der Waals surface area contributed by atoms with Crippen molar-refractivity contribution in [1.29, 1.82) is 0 Å². The first-order chi connectivity index (χ1) is 15.9. The quantitative estimate of drug-likeness (QED) is 0.274. The second kappa shape index (κ2) is 13.2. The molecule has 2 aromatic rings. The number of aliphatic hydroxyl groups excluding tert-OH is 2. The summed E-state index contributed by atoms with van der Waals surface area (Å²) in [5, 5.41) is 18.1. The van der Waals surface area contributed by atoms with Crippen molar-refractivity contribution in [2.24, 2.45) is 0 Å². The van der Waals surface area contributed by atoms with Gasteiger partial charge in [-0.1, -0.05) is 67.8 Å². The van der Waals surface area contributed by atoms with E-state index in [2.05, 4.69) is 44.0 Å². The maximum absolute atomic E-state index is 11.9. The van der Waals surface area contributed by atoms with Gasteiger partial charge in [0.2, 0.25) is 0 Å². The Hall–Kier alpha value is -3.48. The Morgan fingerprint density at radius 1 is 0.818 bits per heavy atom. The Bertz CT molecular complexity index is 941. The van der Waals surface area contributed by atoms with Gasteiger partial charge in [0.25, 0.3) is 0 Å². The second-order valence-corrected chi connectivity index (χ2v) is 7.56. The summed E-state index contributed by atoms with van der Waals surface area (Å²) in [5.41, 5.74) is 4.00. The van der Waals surface area contributed by atoms with E-state index in [1.165, 1.54) is 5.56 Å². The predicted octanol–water partition coefficient (Wildman–Crippen LogP) is 3.74. The van der Waals surface area contributed by atoms with Gasteiger partial charge < -0.3 is 19.7 Å². The molecule has 0 bridgehead atoms. The molecular formula is C27H30O6. The Kier molecular flexibility index (Phi) is 10.3. The van der Waals surface area contributed by atoms with E-state index in [9.17, 15) is 9.59 Å². The lowest BCUT2D eigenvalue weighted by molar-refractivity contribution is -0.142. The molecule has 0 saturated heterocycles. The van der Waals surface area contributed by atoms with Crippen molar-refractivity contribution < 1.29 is 29.3 Å². The summed E-state index contributed by atoms with van der Waals surface area (Å²) in [6.07, 6.45) is 3.78. The fourth-order valence-corrected chi connectivity index (χ4v) is 3.01. The lowest BCUT2D eigenvalue weighted by Crippen LogP contribution is -2.21. The summed E-state index contributed by atoms with van der Waals surface area (Å²) in [7, 11) is 0. The molecule has 0 unspecified atom stereocenters. The van der Waals surface area contributed by atoms with Crippen LogP contribution in [-0.4, -0.2) is 48.6 Å². The molecule has 6 heteroatoms. The maximum Gasteiger partial charge on any atom is 0.335 e. The first-order valence-corrected chi connectivity index (χ1v) is 10.6. The van der Waals surface area contributed by atoms with E-state index in [4.69, 9.17) is 19.7 Å². The zero-order valence-electron chi connectivity index (χ0n) is 18.7. The predicted molar refractivity (Wildman–Crippen MR) is 128 cm³/mol. The number of hydrogen-bond acceptors (Lipinski definition) is 6. The van der Waals surface area contributed by atoms with Gasteiger partial charge in [0.15, 0.2) is 0 Å². The molecule has 0 aliphatic rings. The summed E-state index contributed by atoms with van der Waals surface area (Å²) in [6, 6.07) is 16.0. The third-order valence-electron chi connectivity index (χ3n) is 5.10. The van der Waals surface area contributed by atoms with Gasteiger partial charge in [-0.3, -0.25) is 0 Å². The van der Waals surface area contributed by atoms with Crippen LogP contribution in [0.4, 0.5) is 0 Å². The summed E-state index contributed by atoms with van der Waals surface area (Å²) < 4.78 is 10.4. The van der Waals surface area contributed by atoms with Crippen molar-refractivity contribution in [2.75, 3.05) is 26.4 Å². The zero-order chi connectivity index (χ0) is 24.2. The van der Waals surface area contributed by atoms with Gasteiger partial charge in [-0.15, -0.1) is 6.58 Å². The smallest absolute Gasteiger partial charge is 0.335 e. The fourth-order valence-electron chi connectivity index (χ4n) is 3.01. The van der Waals surface area contributed by atoms with E-state index in [0.29, 0.717) is 0 Å². The van der Waals surface area contributed by atoms with Crippen LogP contribution in [0.15, 0.2) is 85.5 Å². The molecule has 0 aliphatic heterocycles. The first kappa shape index (κ1) is 25.8. The van der Waals surface area contributed by atoms with Gasteiger partial charge in [-0.25, -0.2) is 9.59 Å². The van der Waals surface area contributed by atoms with Gasteiger partial charge in [-0.2, -0.15) is 0 Å². The highest BCUT2D eigenvalue weighted by molar-refractivity contribution is 5.88. The molecule has 2 aromatic carbocycles. The molecule has 0 radical (unpaired) electrons. The number of ether oxygens (including phenoxy) is 2. The van der Waals surface area contributed by atoms with Crippen LogP contribution in [0.25, 0.3) is 11.1 Å². The SMILES string of the molecule is C=CCCc1ccc(-c2ccc(C(COC(=O)C(=C)CO)COC(=O)C(=C)CO)cc2)cc1. The van der Waals surface area contributed by atoms with Crippen LogP contribution < -0.4 is 0 Å². The Morgan fingerprint density at radius 3 is 1.70 bits per heavy atom. The molecule has 0 aromatic heterocycles. The Labute approximate surface area is 194 Å². The zero-order valence-corrected chi connectivity index (χ0v) is 18.7. The Morgan fingerprint density at radius 2 is 1.27 bits per heavy atom. The van der Waals surface area contributed by atoms with Crippen molar-refractivity contribution in [3.63, 3.8) is 0 Å². The fraction of sp³-hybridized carbons (Fsp3) is 0.259. The molecule has 0 heterocycles. The second-order valence-electron chi connectivity index (χ2n) is 7.56. The number of allylic oxidation sites excluding steroid dienone is 1. The van der Waals surface area contributed by atoms with E-state index in [-0.39, 0.29) is 24.4 Å². The highest BCUT2D eigenvalue weighted by atomic mass is 16.5. The average Bonchev–Trinajstić information content (AvgIpc) is 2.86. The van der Waals surface area contributed by atoms with Crippen LogP contribution in [-0.2, 0) is 25.5 Å². The number of aryl methyl sites for hydroxylation is 1. The van der Waals surface area contributed by atoms with Crippen molar-refractivity contribution in [3.05, 3.63) is 96.6 Å². The van der Waals surface area contributed by atoms with Crippen molar-refractivity contribution in [3.8, 4) is 11.1 Å². The number of hydrogen-bond donors (Lipinski definition) is 2. The summed E-state index contributed by atoms with van der Waals surface area (Å²) in [6.45, 7) is 9.48. The maximum atomic E-state index is 11.9. The third-order valence-corrected chi connectivity index (χ3v) is 5.10. The lowest BCUT2D eigenvalue weighted by Gasteiger charge is -2.18. The third kappa shape index (κ3) is 7.86. The highest BCUT2D eigenvalue weighted by Crippen LogP contribution is 2.25. The number of esters is 2. The molecule has 33 heavy (non-hydrogen) atoms. The lowest BCUT2D eigenvalue weighted by atomic mass is 9.96. The van der Waals surface area contributed by atoms with Gasteiger partial charge >= 0.3 is 11.9 Å². The molecule has 0 atom stereocenters. The van der Waals surface area contributed by atoms with Crippen molar-refractivity contribution in [1.82, 2.24) is 0 Å². The van der Waals surface area contributed by atoms with Gasteiger partial charge in [0, 0.05) is 0 Å². The van der Waals surface area contributed by atoms with Gasteiger partial charge in [-0.05, 0) is 35.1 Å². The van der Waals surface area contributed by atoms with Crippen LogP contribution in [0.1, 0.15) is 23.5 Å². The molecular weight excluding hydrogens is 420 g/mol. The molecule has 0 saturated carbocycles. The molecule has 0 aliphatic carbocycles. The number of aliphatic hydroxyl groups is 2. The summed E-state index contributed by atoms with van der Waals surface area (Å²) in [5.74, 6) is -1.89. The normalized spacial score (nSPS) is 10.5. The molecule has 6 nitrogen and oxygen atoms in total. The number of benzene rings is 2.